The summed E-state index contributed by atoms with van der Waals surface area (Å²) in [7, 11) is 3.54. The number of hydrogen-bond donors (Lipinski definition) is 3. The molecule has 9 heteroatoms. The van der Waals surface area contributed by atoms with Gasteiger partial charge in [-0.15, -0.1) is 0 Å². The fraction of sp³-hybridized carbons (Fsp3) is 0.222. The van der Waals surface area contributed by atoms with E-state index in [2.05, 4.69) is 9.88 Å². The second-order valence-corrected chi connectivity index (χ2v) is 9.88. The Balaban J connectivity index is 1.65. The van der Waals surface area contributed by atoms with Crippen molar-refractivity contribution in [1.29, 1.82) is 5.41 Å². The van der Waals surface area contributed by atoms with Gasteiger partial charge in [0.25, 0.3) is 11.8 Å². The van der Waals surface area contributed by atoms with Crippen molar-refractivity contribution in [3.05, 3.63) is 66.0 Å². The molecule has 0 saturated heterocycles. The minimum atomic E-state index is -0.400. The van der Waals surface area contributed by atoms with Crippen LogP contribution in [0.3, 0.4) is 0 Å². The summed E-state index contributed by atoms with van der Waals surface area (Å²) >= 11 is 1.34. The normalized spacial score (nSPS) is 13.7. The maximum Gasteiger partial charge on any atom is 0.259 e. The van der Waals surface area contributed by atoms with Crippen LogP contribution in [0.2, 0.25) is 0 Å². The molecule has 1 aliphatic heterocycles. The third-order valence-electron chi connectivity index (χ3n) is 6.51. The summed E-state index contributed by atoms with van der Waals surface area (Å²) in [5.41, 5.74) is 9.58. The molecule has 4 N–H and O–H groups in total. The summed E-state index contributed by atoms with van der Waals surface area (Å²) in [5, 5.41) is 11.8. The second kappa shape index (κ2) is 9.58. The first kappa shape index (κ1) is 23.7. The van der Waals surface area contributed by atoms with Gasteiger partial charge in [0.15, 0.2) is 5.17 Å². The highest BCUT2D eigenvalue weighted by atomic mass is 32.2. The fourth-order valence-electron chi connectivity index (χ4n) is 4.86. The monoisotopic (exact) mass is 501 g/mol. The number of nitrogens with two attached hydrogens (primary N) is 1. The van der Waals surface area contributed by atoms with Gasteiger partial charge in [-0.1, -0.05) is 30.0 Å². The molecule has 0 atom stereocenters. The fourth-order valence-corrected chi connectivity index (χ4v) is 5.43. The molecule has 0 spiro atoms. The first-order valence-corrected chi connectivity index (χ1v) is 12.7. The van der Waals surface area contributed by atoms with E-state index < -0.39 is 11.8 Å². The molecule has 0 saturated carbocycles. The van der Waals surface area contributed by atoms with Gasteiger partial charge in [-0.25, -0.2) is 0 Å². The zero-order valence-electron chi connectivity index (χ0n) is 20.1. The van der Waals surface area contributed by atoms with Crippen molar-refractivity contribution in [3.63, 3.8) is 0 Å². The van der Waals surface area contributed by atoms with Crippen LogP contribution in [0.15, 0.2) is 54.9 Å². The maximum atomic E-state index is 13.2. The van der Waals surface area contributed by atoms with Crippen LogP contribution in [0.5, 0.6) is 5.75 Å². The molecule has 2 aromatic carbocycles. The van der Waals surface area contributed by atoms with E-state index >= 15 is 0 Å². The van der Waals surface area contributed by atoms with Crippen LogP contribution >= 0.6 is 11.8 Å². The van der Waals surface area contributed by atoms with E-state index in [1.165, 1.54) is 11.8 Å². The van der Waals surface area contributed by atoms with Crippen LogP contribution in [-0.4, -0.2) is 39.0 Å². The Morgan fingerprint density at radius 2 is 1.72 bits per heavy atom. The molecule has 36 heavy (non-hydrogen) atoms. The molecule has 0 unspecified atom stereocenters. The van der Waals surface area contributed by atoms with Gasteiger partial charge in [0.05, 0.1) is 18.3 Å². The van der Waals surface area contributed by atoms with Crippen LogP contribution in [0.1, 0.15) is 24.0 Å². The number of para-hydroxylation sites is 1. The summed E-state index contributed by atoms with van der Waals surface area (Å²) in [4.78, 5) is 26.3. The average molecular weight is 502 g/mol. The van der Waals surface area contributed by atoms with Crippen LogP contribution in [0.25, 0.3) is 33.0 Å². The summed E-state index contributed by atoms with van der Waals surface area (Å²) < 4.78 is 9.56. The summed E-state index contributed by atoms with van der Waals surface area (Å²) in [5.74, 6) is 0.665. The Morgan fingerprint density at radius 3 is 2.44 bits per heavy atom. The highest BCUT2D eigenvalue weighted by Crippen LogP contribution is 2.39. The van der Waals surface area contributed by atoms with Gasteiger partial charge >= 0.3 is 0 Å². The number of methoxy groups -OCH3 is 1. The SMILES string of the molecule is COc1ccc2c(c1)c(C1=C(c3cn(C)c4ccccc34)C(=O)NC1=O)cn2CCCCSC(=N)N. The van der Waals surface area contributed by atoms with Crippen molar-refractivity contribution < 1.29 is 14.3 Å². The topological polar surface area (TPSA) is 115 Å². The van der Waals surface area contributed by atoms with Crippen molar-refractivity contribution in [2.45, 2.75) is 19.4 Å². The van der Waals surface area contributed by atoms with E-state index in [1.54, 1.807) is 7.11 Å². The first-order valence-electron chi connectivity index (χ1n) is 11.7. The number of unbranched alkanes of at least 4 members (excludes halogenated alkanes) is 1. The number of fused-ring (bicyclic) bond motifs is 2. The van der Waals surface area contributed by atoms with Crippen LogP contribution in [-0.2, 0) is 23.2 Å². The molecule has 5 rings (SSSR count). The molecule has 0 aliphatic carbocycles. The summed E-state index contributed by atoms with van der Waals surface area (Å²) in [6, 6.07) is 13.6. The van der Waals surface area contributed by atoms with Crippen LogP contribution in [0, 0.1) is 5.41 Å². The smallest absolute Gasteiger partial charge is 0.259 e. The molecule has 3 heterocycles. The number of nitrogens with one attached hydrogen (secondary N) is 2. The molecular formula is C27H27N5O3S. The first-order chi connectivity index (χ1) is 17.4. The average Bonchev–Trinajstić information content (AvgIpc) is 3.48. The molecular weight excluding hydrogens is 474 g/mol. The lowest BCUT2D eigenvalue weighted by molar-refractivity contribution is -0.122. The van der Waals surface area contributed by atoms with Gasteiger partial charge in [0, 0.05) is 64.7 Å². The molecule has 0 bridgehead atoms. The van der Waals surface area contributed by atoms with Gasteiger partial charge in [0.2, 0.25) is 0 Å². The van der Waals surface area contributed by atoms with Crippen molar-refractivity contribution in [1.82, 2.24) is 14.5 Å². The van der Waals surface area contributed by atoms with Crippen LogP contribution < -0.4 is 15.8 Å². The van der Waals surface area contributed by atoms with E-state index in [-0.39, 0.29) is 5.17 Å². The predicted octanol–water partition coefficient (Wildman–Crippen LogP) is 4.12. The Kier molecular flexibility index (Phi) is 6.32. The molecule has 1 aliphatic rings. The highest BCUT2D eigenvalue weighted by molar-refractivity contribution is 8.13. The number of amides is 2. The number of carbonyl (C=O) groups excluding carboxylic acids is 2. The Labute approximate surface area is 212 Å². The van der Waals surface area contributed by atoms with Gasteiger partial charge in [-0.2, -0.15) is 0 Å². The number of nitrogens with zero attached hydrogens (tertiary/aromatic N) is 2. The Morgan fingerprint density at radius 1 is 1.00 bits per heavy atom. The minimum Gasteiger partial charge on any atom is -0.497 e. The lowest BCUT2D eigenvalue weighted by Crippen LogP contribution is -2.22. The number of aromatic nitrogens is 2. The largest absolute Gasteiger partial charge is 0.497 e. The maximum absolute atomic E-state index is 13.2. The summed E-state index contributed by atoms with van der Waals surface area (Å²) in [6.07, 6.45) is 5.65. The van der Waals surface area contributed by atoms with E-state index in [0.29, 0.717) is 22.5 Å². The van der Waals surface area contributed by atoms with Gasteiger partial charge < -0.3 is 19.6 Å². The van der Waals surface area contributed by atoms with Crippen molar-refractivity contribution in [3.8, 4) is 5.75 Å². The van der Waals surface area contributed by atoms with E-state index in [0.717, 1.165) is 52.5 Å². The zero-order chi connectivity index (χ0) is 25.4. The number of rotatable bonds is 8. The van der Waals surface area contributed by atoms with E-state index in [1.807, 2.05) is 66.5 Å². The number of thioether (sulfide) groups is 1. The third kappa shape index (κ3) is 4.15. The number of carbonyl (C=O) groups is 2. The Bertz CT molecular complexity index is 1560. The second-order valence-electron chi connectivity index (χ2n) is 8.74. The Hall–Kier alpha value is -3.98. The molecule has 0 radical (unpaired) electrons. The number of amidine groups is 1. The zero-order valence-corrected chi connectivity index (χ0v) is 20.9. The minimum absolute atomic E-state index is 0.126. The van der Waals surface area contributed by atoms with Crippen molar-refractivity contribution in [2.75, 3.05) is 12.9 Å². The molecule has 4 aromatic rings. The standard InChI is InChI=1S/C27H27N5O3S/c1-31-14-19(17-7-3-4-8-21(17)31)23-24(26(34)30-25(23)33)20-15-32(11-5-6-12-36-27(28)29)22-10-9-16(35-2)13-18(20)22/h3-4,7-10,13-15H,5-6,11-12H2,1-2H3,(H3,28,29)(H,30,33,34). The number of benzene rings is 2. The molecule has 8 nitrogen and oxygen atoms in total. The van der Waals surface area contributed by atoms with Crippen molar-refractivity contribution in [2.24, 2.45) is 12.8 Å². The third-order valence-corrected chi connectivity index (χ3v) is 7.31. The lowest BCUT2D eigenvalue weighted by atomic mass is 9.95. The predicted molar refractivity (Wildman–Crippen MR) is 145 cm³/mol. The molecule has 184 valence electrons. The van der Waals surface area contributed by atoms with Gasteiger partial charge in [0.1, 0.15) is 5.75 Å². The number of aryl methyl sites for hydroxylation is 2. The molecule has 2 aromatic heterocycles. The highest BCUT2D eigenvalue weighted by Gasteiger charge is 2.35. The quantitative estimate of drug-likeness (QED) is 0.145. The number of imide groups is 1. The van der Waals surface area contributed by atoms with E-state index in [4.69, 9.17) is 15.9 Å². The number of hydrogen-bond acceptors (Lipinski definition) is 5. The number of ether oxygens (including phenoxy) is 1. The summed E-state index contributed by atoms with van der Waals surface area (Å²) in [6.45, 7) is 0.730. The van der Waals surface area contributed by atoms with Gasteiger partial charge in [-0.05, 0) is 37.1 Å². The van der Waals surface area contributed by atoms with Gasteiger partial charge in [-0.3, -0.25) is 20.3 Å². The van der Waals surface area contributed by atoms with Crippen molar-refractivity contribution >= 4 is 61.7 Å². The van der Waals surface area contributed by atoms with E-state index in [9.17, 15) is 9.59 Å². The molecule has 2 amide bonds. The van der Waals surface area contributed by atoms with Crippen LogP contribution in [0.4, 0.5) is 0 Å². The lowest BCUT2D eigenvalue weighted by Gasteiger charge is -2.06. The molecule has 0 fully saturated rings.